The van der Waals surface area contributed by atoms with Gasteiger partial charge in [0.15, 0.2) is 5.78 Å². The number of benzene rings is 2. The summed E-state index contributed by atoms with van der Waals surface area (Å²) < 4.78 is 7.47. The largest absolute Gasteiger partial charge is 0.512 e. The number of furan rings is 1. The first kappa shape index (κ1) is 38.3. The van der Waals surface area contributed by atoms with Gasteiger partial charge in [-0.3, -0.25) is 9.78 Å². The standard InChI is InChI=1S/C25H21N2OS2.C15H28O2.Ir/c1-13-11-30-23-16(13)5-6-18-19(23)20-21(26-12-27-24(20)28-18)15-9-14-7-8-29-22(14)17(10-15)25(2,3)4;1-7-14(5,8-2)12(16)11-13(17)15(6,9-3)10-4;/h5-8,10,12-13H,11H2,1-4H3;11,16H,7-10H2,1-6H3;/q-1;;/b;12-11-;. The van der Waals surface area contributed by atoms with Gasteiger partial charge in [0.1, 0.15) is 17.7 Å². The Bertz CT molecular complexity index is 1960. The summed E-state index contributed by atoms with van der Waals surface area (Å²) in [5.41, 5.74) is 5.62. The van der Waals surface area contributed by atoms with Crippen molar-refractivity contribution in [2.45, 2.75) is 111 Å². The van der Waals surface area contributed by atoms with Gasteiger partial charge in [-0.1, -0.05) is 86.4 Å². The molecule has 2 aromatic carbocycles. The molecule has 3 aromatic heterocycles. The number of nitrogens with zero attached hydrogens (tertiary/aromatic N) is 2. The minimum absolute atomic E-state index is 0. The molecule has 1 aliphatic rings. The van der Waals surface area contributed by atoms with E-state index in [0.717, 1.165) is 64.4 Å². The first-order chi connectivity index (χ1) is 22.2. The second-order valence-corrected chi connectivity index (χ2v) is 16.5. The Hall–Kier alpha value is -2.51. The number of fused-ring (bicyclic) bond motifs is 6. The van der Waals surface area contributed by atoms with Crippen LogP contribution in [-0.2, 0) is 30.3 Å². The second kappa shape index (κ2) is 14.8. The van der Waals surface area contributed by atoms with Gasteiger partial charge in [-0.2, -0.15) is 11.3 Å². The first-order valence-corrected chi connectivity index (χ1v) is 18.8. The maximum Gasteiger partial charge on any atom is 0.223 e. The predicted octanol–water partition coefficient (Wildman–Crippen LogP) is 12.2. The SMILES string of the molecule is CC1CSc2c1ccc1oc3ncnc(-c4[c-]c5ccsc5c(C(C)(C)C)c4)c3c21.CCC(C)(CC)C(=O)/C=C(\O)C(C)(CC)CC.[Ir]. The maximum atomic E-state index is 12.2. The zero-order valence-corrected chi connectivity index (χ0v) is 34.0. The van der Waals surface area contributed by atoms with Gasteiger partial charge in [0.2, 0.25) is 5.71 Å². The van der Waals surface area contributed by atoms with Crippen molar-refractivity contribution in [3.8, 4) is 11.3 Å². The molecule has 0 bridgehead atoms. The van der Waals surface area contributed by atoms with E-state index in [1.54, 1.807) is 17.7 Å². The van der Waals surface area contributed by atoms with E-state index in [-0.39, 0.29) is 47.9 Å². The van der Waals surface area contributed by atoms with Gasteiger partial charge < -0.3 is 9.52 Å². The van der Waals surface area contributed by atoms with E-state index >= 15 is 0 Å². The number of hydrogen-bond donors (Lipinski definition) is 1. The number of ketones is 1. The molecule has 1 radical (unpaired) electrons. The number of thioether (sulfide) groups is 1. The molecule has 5 aromatic rings. The summed E-state index contributed by atoms with van der Waals surface area (Å²) in [6.07, 6.45) is 6.36. The Morgan fingerprint density at radius 3 is 2.29 bits per heavy atom. The van der Waals surface area contributed by atoms with Crippen LogP contribution in [-0.4, -0.2) is 26.6 Å². The quantitative estimate of drug-likeness (QED) is 0.0951. The number of aliphatic hydroxyl groups excluding tert-OH is 1. The Morgan fingerprint density at radius 2 is 1.67 bits per heavy atom. The van der Waals surface area contributed by atoms with E-state index < -0.39 is 0 Å². The van der Waals surface area contributed by atoms with Gasteiger partial charge in [0.25, 0.3) is 0 Å². The number of thiophene rings is 1. The summed E-state index contributed by atoms with van der Waals surface area (Å²) >= 11 is 3.70. The molecule has 1 unspecified atom stereocenters. The number of hydrogen-bond acceptors (Lipinski definition) is 7. The number of aliphatic hydroxyl groups is 1. The summed E-state index contributed by atoms with van der Waals surface area (Å²) in [7, 11) is 0. The van der Waals surface area contributed by atoms with Gasteiger partial charge in [0, 0.05) is 64.1 Å². The number of carbonyl (C=O) groups is 1. The minimum Gasteiger partial charge on any atom is -0.512 e. The van der Waals surface area contributed by atoms with Crippen LogP contribution >= 0.6 is 23.1 Å². The molecule has 5 nitrogen and oxygen atoms in total. The first-order valence-electron chi connectivity index (χ1n) is 16.9. The fourth-order valence-corrected chi connectivity index (χ4v) is 8.56. The molecule has 0 saturated carbocycles. The zero-order chi connectivity index (χ0) is 34.3. The van der Waals surface area contributed by atoms with Crippen molar-refractivity contribution in [3.05, 3.63) is 65.0 Å². The van der Waals surface area contributed by atoms with Crippen LogP contribution in [0.5, 0.6) is 0 Å². The number of carbonyl (C=O) groups excluding carboxylic acids is 1. The molecule has 1 aliphatic heterocycles. The van der Waals surface area contributed by atoms with Gasteiger partial charge in [-0.05, 0) is 58.7 Å². The van der Waals surface area contributed by atoms with E-state index in [2.05, 4.69) is 68.4 Å². The van der Waals surface area contributed by atoms with Crippen LogP contribution in [0.25, 0.3) is 43.4 Å². The van der Waals surface area contributed by atoms with Gasteiger partial charge in [0.05, 0.1) is 0 Å². The number of rotatable bonds is 8. The van der Waals surface area contributed by atoms with Crippen LogP contribution in [0.3, 0.4) is 0 Å². The third kappa shape index (κ3) is 7.06. The molecular formula is C40H49IrN2O3S2-. The summed E-state index contributed by atoms with van der Waals surface area (Å²) in [6, 6.07) is 12.3. The van der Waals surface area contributed by atoms with Crippen LogP contribution in [0.15, 0.2) is 57.1 Å². The smallest absolute Gasteiger partial charge is 0.223 e. The van der Waals surface area contributed by atoms with Crippen molar-refractivity contribution >= 4 is 61.0 Å². The van der Waals surface area contributed by atoms with E-state index in [1.807, 2.05) is 53.3 Å². The van der Waals surface area contributed by atoms with E-state index in [1.165, 1.54) is 26.8 Å². The maximum absolute atomic E-state index is 12.2. The summed E-state index contributed by atoms with van der Waals surface area (Å²) in [5.74, 6) is 1.94. The van der Waals surface area contributed by atoms with Crippen LogP contribution in [0.4, 0.5) is 0 Å². The van der Waals surface area contributed by atoms with Crippen LogP contribution in [0.1, 0.15) is 112 Å². The van der Waals surface area contributed by atoms with Crippen LogP contribution < -0.4 is 0 Å². The van der Waals surface area contributed by atoms with Gasteiger partial charge in [-0.15, -0.1) is 35.3 Å². The summed E-state index contributed by atoms with van der Waals surface area (Å²) in [5, 5.41) is 15.6. The van der Waals surface area contributed by atoms with Crippen molar-refractivity contribution < 1.29 is 34.4 Å². The van der Waals surface area contributed by atoms with Crippen LogP contribution in [0.2, 0.25) is 0 Å². The average molecular weight is 862 g/mol. The van der Waals surface area contributed by atoms with E-state index in [9.17, 15) is 9.90 Å². The van der Waals surface area contributed by atoms with Crippen LogP contribution in [0, 0.1) is 16.9 Å². The topological polar surface area (TPSA) is 76.2 Å². The molecule has 8 heteroatoms. The van der Waals surface area contributed by atoms with Gasteiger partial charge >= 0.3 is 0 Å². The van der Waals surface area contributed by atoms with Crippen molar-refractivity contribution in [3.63, 3.8) is 0 Å². The number of allylic oxidation sites excluding steroid dienone is 2. The minimum atomic E-state index is -0.337. The molecule has 0 amide bonds. The molecule has 0 aliphatic carbocycles. The van der Waals surface area contributed by atoms with E-state index in [4.69, 9.17) is 9.40 Å². The molecule has 6 rings (SSSR count). The third-order valence-electron chi connectivity index (χ3n) is 10.6. The Balaban J connectivity index is 0.000000251. The molecular weight excluding hydrogens is 813 g/mol. The molecule has 259 valence electrons. The Kier molecular flexibility index (Phi) is 11.8. The second-order valence-electron chi connectivity index (χ2n) is 14.5. The molecule has 1 atom stereocenters. The Labute approximate surface area is 307 Å². The fourth-order valence-electron chi connectivity index (χ4n) is 6.10. The summed E-state index contributed by atoms with van der Waals surface area (Å²) in [4.78, 5) is 22.7. The third-order valence-corrected chi connectivity index (χ3v) is 12.9. The summed E-state index contributed by atoms with van der Waals surface area (Å²) in [6.45, 7) is 21.2. The Morgan fingerprint density at radius 1 is 1.00 bits per heavy atom. The molecule has 48 heavy (non-hydrogen) atoms. The van der Waals surface area contributed by atoms with Crippen molar-refractivity contribution in [2.75, 3.05) is 5.75 Å². The van der Waals surface area contributed by atoms with E-state index in [0.29, 0.717) is 11.6 Å². The fraction of sp³-hybridized carbons (Fsp3) is 0.475. The predicted molar refractivity (Wildman–Crippen MR) is 200 cm³/mol. The van der Waals surface area contributed by atoms with Crippen molar-refractivity contribution in [2.24, 2.45) is 10.8 Å². The molecule has 0 saturated heterocycles. The van der Waals surface area contributed by atoms with Gasteiger partial charge in [-0.25, -0.2) is 4.98 Å². The number of aromatic nitrogens is 2. The normalized spacial score (nSPS) is 15.4. The van der Waals surface area contributed by atoms with Crippen molar-refractivity contribution in [1.29, 1.82) is 0 Å². The molecule has 0 fully saturated rings. The van der Waals surface area contributed by atoms with Crippen molar-refractivity contribution in [1.82, 2.24) is 9.97 Å². The average Bonchev–Trinajstić information content (AvgIpc) is 3.79. The molecule has 4 heterocycles. The molecule has 0 spiro atoms. The zero-order valence-electron chi connectivity index (χ0n) is 30.0. The molecule has 1 N–H and O–H groups in total. The monoisotopic (exact) mass is 862 g/mol.